The van der Waals surface area contributed by atoms with E-state index in [-0.39, 0.29) is 6.16 Å². The number of hydrogen-bond donors (Lipinski definition) is 4. The van der Waals surface area contributed by atoms with Gasteiger partial charge in [0.15, 0.2) is 0 Å². The molecule has 6 heteroatoms. The normalized spacial score (nSPS) is 13.2. The predicted molar refractivity (Wildman–Crippen MR) is 36.2 cm³/mol. The summed E-state index contributed by atoms with van der Waals surface area (Å²) in [5.41, 5.74) is 1.71. The summed E-state index contributed by atoms with van der Waals surface area (Å²) in [4.78, 5) is 17.5. The summed E-state index contributed by atoms with van der Waals surface area (Å²) < 4.78 is 4.18. The second-order valence-corrected chi connectivity index (χ2v) is 3.55. The molecular weight excluding hydrogens is 143 g/mol. The maximum absolute atomic E-state index is 8.77. The second kappa shape index (κ2) is 3.90. The SMILES string of the molecule is C=CC[PH](O)(O)ONN. The Morgan fingerprint density at radius 2 is 2.33 bits per heavy atom. The molecule has 0 fully saturated rings. The van der Waals surface area contributed by atoms with E-state index in [1.165, 1.54) is 6.08 Å². The molecule has 5 nitrogen and oxygen atoms in total. The first-order valence-electron chi connectivity index (χ1n) is 2.31. The van der Waals surface area contributed by atoms with Gasteiger partial charge in [0.2, 0.25) is 0 Å². The third kappa shape index (κ3) is 4.47. The van der Waals surface area contributed by atoms with E-state index in [4.69, 9.17) is 9.79 Å². The van der Waals surface area contributed by atoms with Crippen LogP contribution in [-0.4, -0.2) is 15.9 Å². The summed E-state index contributed by atoms with van der Waals surface area (Å²) in [5, 5.41) is 0. The minimum atomic E-state index is -3.56. The number of hydrazine groups is 1. The topological polar surface area (TPSA) is 87.7 Å². The molecule has 0 aliphatic rings. The van der Waals surface area contributed by atoms with E-state index in [2.05, 4.69) is 17.0 Å². The molecule has 0 aromatic rings. The first-order valence-corrected chi connectivity index (χ1v) is 4.32. The Bertz CT molecular complexity index is 97.1. The average molecular weight is 154 g/mol. The summed E-state index contributed by atoms with van der Waals surface area (Å²) in [5.74, 6) is 4.65. The Balaban J connectivity index is 3.55. The van der Waals surface area contributed by atoms with Gasteiger partial charge in [-0.15, -0.1) is 0 Å². The molecule has 0 heterocycles. The fourth-order valence-corrected chi connectivity index (χ4v) is 0.972. The van der Waals surface area contributed by atoms with Gasteiger partial charge in [-0.2, -0.15) is 0 Å². The van der Waals surface area contributed by atoms with Crippen LogP contribution in [0.1, 0.15) is 0 Å². The van der Waals surface area contributed by atoms with Gasteiger partial charge >= 0.3 is 52.6 Å². The van der Waals surface area contributed by atoms with Crippen LogP contribution in [-0.2, 0) is 4.62 Å². The van der Waals surface area contributed by atoms with E-state index in [1.807, 2.05) is 0 Å². The van der Waals surface area contributed by atoms with Crippen molar-refractivity contribution in [2.45, 2.75) is 0 Å². The fourth-order valence-electron chi connectivity index (χ4n) is 0.324. The number of nitrogens with one attached hydrogen (secondary N) is 1. The zero-order valence-electron chi connectivity index (χ0n) is 4.87. The minimum absolute atomic E-state index is 0.0250. The number of nitrogens with two attached hydrogens (primary N) is 1. The third-order valence-electron chi connectivity index (χ3n) is 0.633. The van der Waals surface area contributed by atoms with Crippen LogP contribution in [0.15, 0.2) is 12.7 Å². The van der Waals surface area contributed by atoms with Gasteiger partial charge < -0.3 is 0 Å². The van der Waals surface area contributed by atoms with E-state index in [0.717, 1.165) is 0 Å². The van der Waals surface area contributed by atoms with Crippen molar-refractivity contribution in [1.82, 2.24) is 5.59 Å². The van der Waals surface area contributed by atoms with E-state index < -0.39 is 7.94 Å². The molecule has 0 rings (SSSR count). The van der Waals surface area contributed by atoms with Crippen molar-refractivity contribution >= 4 is 7.94 Å². The summed E-state index contributed by atoms with van der Waals surface area (Å²) in [6, 6.07) is 0. The first-order chi connectivity index (χ1) is 4.12. The molecule has 0 amide bonds. The van der Waals surface area contributed by atoms with Crippen LogP contribution in [0.2, 0.25) is 0 Å². The van der Waals surface area contributed by atoms with Crippen LogP contribution in [0.5, 0.6) is 0 Å². The predicted octanol–water partition coefficient (Wildman–Crippen LogP) is -0.953. The number of rotatable bonds is 4. The molecule has 0 aromatic carbocycles. The zero-order chi connectivity index (χ0) is 7.33. The molecule has 0 spiro atoms. The van der Waals surface area contributed by atoms with Gasteiger partial charge in [-0.25, -0.2) is 0 Å². The van der Waals surface area contributed by atoms with Crippen LogP contribution in [0, 0.1) is 0 Å². The molecule has 9 heavy (non-hydrogen) atoms. The monoisotopic (exact) mass is 154 g/mol. The summed E-state index contributed by atoms with van der Waals surface area (Å²) in [6.45, 7) is 3.29. The molecule has 0 aliphatic carbocycles. The van der Waals surface area contributed by atoms with Gasteiger partial charge in [0.25, 0.3) is 0 Å². The molecule has 0 bridgehead atoms. The Hall–Kier alpha value is -0.0300. The summed E-state index contributed by atoms with van der Waals surface area (Å²) >= 11 is 0. The third-order valence-corrected chi connectivity index (χ3v) is 1.90. The Morgan fingerprint density at radius 3 is 2.67 bits per heavy atom. The molecule has 0 aromatic heterocycles. The number of allylic oxidation sites excluding steroid dienone is 1. The molecule has 0 radical (unpaired) electrons. The van der Waals surface area contributed by atoms with Crippen molar-refractivity contribution < 1.29 is 14.4 Å². The van der Waals surface area contributed by atoms with Crippen LogP contribution in [0.25, 0.3) is 0 Å². The molecule has 56 valence electrons. The van der Waals surface area contributed by atoms with Crippen LogP contribution in [0.3, 0.4) is 0 Å². The van der Waals surface area contributed by atoms with Gasteiger partial charge in [0.1, 0.15) is 0 Å². The molecule has 0 saturated heterocycles. The number of hydrogen-bond acceptors (Lipinski definition) is 5. The van der Waals surface area contributed by atoms with E-state index in [1.54, 1.807) is 5.59 Å². The maximum atomic E-state index is 8.77. The second-order valence-electron chi connectivity index (χ2n) is 1.46. The van der Waals surface area contributed by atoms with Gasteiger partial charge in [-0.3, -0.25) is 0 Å². The Labute approximate surface area is 53.6 Å². The quantitative estimate of drug-likeness (QED) is 0.181. The van der Waals surface area contributed by atoms with Gasteiger partial charge in [-0.1, -0.05) is 0 Å². The Morgan fingerprint density at radius 1 is 1.78 bits per heavy atom. The Kier molecular flexibility index (Phi) is 3.88. The summed E-state index contributed by atoms with van der Waals surface area (Å²) in [7, 11) is -3.56. The van der Waals surface area contributed by atoms with Crippen LogP contribution < -0.4 is 11.4 Å². The van der Waals surface area contributed by atoms with Gasteiger partial charge in [0, 0.05) is 0 Å². The molecule has 0 unspecified atom stereocenters. The molecule has 0 saturated carbocycles. The van der Waals surface area contributed by atoms with Crippen molar-refractivity contribution in [3.8, 4) is 0 Å². The van der Waals surface area contributed by atoms with Crippen molar-refractivity contribution in [3.05, 3.63) is 12.7 Å². The van der Waals surface area contributed by atoms with Crippen molar-refractivity contribution in [3.63, 3.8) is 0 Å². The molecule has 0 atom stereocenters. The van der Waals surface area contributed by atoms with E-state index >= 15 is 0 Å². The van der Waals surface area contributed by atoms with Crippen LogP contribution >= 0.6 is 7.94 Å². The van der Waals surface area contributed by atoms with E-state index in [9.17, 15) is 0 Å². The van der Waals surface area contributed by atoms with Crippen molar-refractivity contribution in [1.29, 1.82) is 0 Å². The average Bonchev–Trinajstić information content (AvgIpc) is 1.64. The van der Waals surface area contributed by atoms with Gasteiger partial charge in [-0.05, 0) is 0 Å². The first kappa shape index (κ1) is 8.97. The summed E-state index contributed by atoms with van der Waals surface area (Å²) in [6.07, 6.45) is 1.38. The van der Waals surface area contributed by atoms with Crippen molar-refractivity contribution in [2.75, 3.05) is 6.16 Å². The molecule has 0 aliphatic heterocycles. The molecular formula is C3H11N2O3P. The van der Waals surface area contributed by atoms with Crippen molar-refractivity contribution in [2.24, 2.45) is 5.84 Å². The standard InChI is InChI=1S/C3H11N2O3P/c1-2-3-9(6,7)8-5-4/h2,5-7,9H,1,3-4H2. The van der Waals surface area contributed by atoms with E-state index in [0.29, 0.717) is 0 Å². The zero-order valence-corrected chi connectivity index (χ0v) is 5.87. The van der Waals surface area contributed by atoms with Crippen LogP contribution in [0.4, 0.5) is 0 Å². The fraction of sp³-hybridized carbons (Fsp3) is 0.333. The molecule has 5 N–H and O–H groups in total. The van der Waals surface area contributed by atoms with Gasteiger partial charge in [0.05, 0.1) is 0 Å².